The van der Waals surface area contributed by atoms with Crippen molar-refractivity contribution in [2.24, 2.45) is 5.73 Å². The number of nitrogens with zero attached hydrogens (tertiary/aromatic N) is 2. The maximum Gasteiger partial charge on any atom is 0.282 e. The van der Waals surface area contributed by atoms with Gasteiger partial charge in [-0.25, -0.2) is 0 Å². The Labute approximate surface area is 112 Å². The molecule has 2 atom stereocenters. The number of hydrogen-bond acceptors (Lipinski definition) is 3. The molecule has 2 N–H and O–H groups in total. The zero-order valence-electron chi connectivity index (χ0n) is 11.8. The van der Waals surface area contributed by atoms with E-state index in [9.17, 15) is 8.42 Å². The van der Waals surface area contributed by atoms with E-state index in [1.165, 1.54) is 0 Å². The van der Waals surface area contributed by atoms with Gasteiger partial charge in [-0.05, 0) is 26.2 Å². The van der Waals surface area contributed by atoms with Crippen LogP contribution in [0.15, 0.2) is 0 Å². The molecule has 0 aromatic rings. The molecule has 108 valence electrons. The van der Waals surface area contributed by atoms with E-state index in [4.69, 9.17) is 5.73 Å². The lowest BCUT2D eigenvalue weighted by molar-refractivity contribution is 0.224. The minimum Gasteiger partial charge on any atom is -0.329 e. The second-order valence-electron chi connectivity index (χ2n) is 4.96. The molecule has 0 radical (unpaired) electrons. The first-order valence-corrected chi connectivity index (χ1v) is 8.37. The Hall–Kier alpha value is -0.170. The van der Waals surface area contributed by atoms with Crippen molar-refractivity contribution < 1.29 is 8.42 Å². The normalized spacial score (nSPS) is 24.4. The summed E-state index contributed by atoms with van der Waals surface area (Å²) in [7, 11) is -3.36. The summed E-state index contributed by atoms with van der Waals surface area (Å²) in [6.07, 6.45) is 3.72. The van der Waals surface area contributed by atoms with E-state index >= 15 is 0 Å². The fourth-order valence-electron chi connectivity index (χ4n) is 2.55. The second-order valence-corrected chi connectivity index (χ2v) is 6.80. The van der Waals surface area contributed by atoms with Crippen LogP contribution in [0.1, 0.15) is 46.5 Å². The molecular formula is C12H27N3O2S. The Balaban J connectivity index is 2.95. The molecule has 1 rings (SSSR count). The first-order chi connectivity index (χ1) is 8.48. The molecule has 0 spiro atoms. The Kier molecular flexibility index (Phi) is 6.04. The van der Waals surface area contributed by atoms with Crippen LogP contribution in [0.3, 0.4) is 0 Å². The molecule has 0 bridgehead atoms. The van der Waals surface area contributed by atoms with Crippen molar-refractivity contribution in [3.63, 3.8) is 0 Å². The van der Waals surface area contributed by atoms with E-state index in [1.54, 1.807) is 8.61 Å². The van der Waals surface area contributed by atoms with Crippen LogP contribution >= 0.6 is 0 Å². The van der Waals surface area contributed by atoms with Gasteiger partial charge in [0, 0.05) is 31.7 Å². The number of piperidine rings is 1. The van der Waals surface area contributed by atoms with Crippen molar-refractivity contribution in [3.05, 3.63) is 0 Å². The van der Waals surface area contributed by atoms with E-state index in [1.807, 2.05) is 20.8 Å². The number of hydrogen-bond donors (Lipinski definition) is 1. The molecule has 5 nitrogen and oxygen atoms in total. The summed E-state index contributed by atoms with van der Waals surface area (Å²) < 4.78 is 28.6. The fourth-order valence-corrected chi connectivity index (χ4v) is 4.68. The summed E-state index contributed by atoms with van der Waals surface area (Å²) in [5.74, 6) is 0. The van der Waals surface area contributed by atoms with Gasteiger partial charge in [0.2, 0.25) is 0 Å². The molecule has 0 aromatic carbocycles. The number of rotatable bonds is 6. The van der Waals surface area contributed by atoms with Crippen LogP contribution < -0.4 is 5.73 Å². The van der Waals surface area contributed by atoms with E-state index in [0.29, 0.717) is 19.6 Å². The van der Waals surface area contributed by atoms with Gasteiger partial charge >= 0.3 is 0 Å². The monoisotopic (exact) mass is 277 g/mol. The van der Waals surface area contributed by atoms with Gasteiger partial charge in [-0.15, -0.1) is 0 Å². The summed E-state index contributed by atoms with van der Waals surface area (Å²) >= 11 is 0. The van der Waals surface area contributed by atoms with E-state index in [0.717, 1.165) is 25.7 Å². The van der Waals surface area contributed by atoms with Gasteiger partial charge in [-0.3, -0.25) is 0 Å². The molecule has 1 aliphatic heterocycles. The van der Waals surface area contributed by atoms with Crippen LogP contribution in [0, 0.1) is 0 Å². The molecule has 0 aromatic heterocycles. The first kappa shape index (κ1) is 15.9. The SMILES string of the molecule is CCC(C)N(CC)S(=O)(=O)N1CCCCC1CN. The predicted octanol–water partition coefficient (Wildman–Crippen LogP) is 1.16. The minimum absolute atomic E-state index is 0.0261. The van der Waals surface area contributed by atoms with Gasteiger partial charge in [0.05, 0.1) is 0 Å². The average molecular weight is 277 g/mol. The second kappa shape index (κ2) is 6.84. The summed E-state index contributed by atoms with van der Waals surface area (Å²) in [6.45, 7) is 7.41. The molecule has 1 aliphatic rings. The Morgan fingerprint density at radius 1 is 1.39 bits per heavy atom. The fraction of sp³-hybridized carbons (Fsp3) is 1.00. The molecule has 18 heavy (non-hydrogen) atoms. The van der Waals surface area contributed by atoms with Crippen molar-refractivity contribution in [1.29, 1.82) is 0 Å². The quantitative estimate of drug-likeness (QED) is 0.792. The zero-order chi connectivity index (χ0) is 13.8. The molecule has 1 saturated heterocycles. The first-order valence-electron chi connectivity index (χ1n) is 6.97. The number of nitrogens with two attached hydrogens (primary N) is 1. The van der Waals surface area contributed by atoms with Crippen LogP contribution in [0.5, 0.6) is 0 Å². The van der Waals surface area contributed by atoms with Gasteiger partial charge in [0.25, 0.3) is 10.2 Å². The lowest BCUT2D eigenvalue weighted by Gasteiger charge is -2.39. The van der Waals surface area contributed by atoms with Crippen LogP contribution in [-0.4, -0.2) is 48.7 Å². The molecular weight excluding hydrogens is 250 g/mol. The van der Waals surface area contributed by atoms with Crippen molar-refractivity contribution in [1.82, 2.24) is 8.61 Å². The third kappa shape index (κ3) is 3.23. The topological polar surface area (TPSA) is 66.6 Å². The lowest BCUT2D eigenvalue weighted by atomic mass is 10.1. The molecule has 0 aliphatic carbocycles. The van der Waals surface area contributed by atoms with E-state index in [-0.39, 0.29) is 12.1 Å². The van der Waals surface area contributed by atoms with Gasteiger partial charge in [0.1, 0.15) is 0 Å². The average Bonchev–Trinajstić information content (AvgIpc) is 2.38. The van der Waals surface area contributed by atoms with Crippen LogP contribution in [0.4, 0.5) is 0 Å². The Morgan fingerprint density at radius 2 is 2.06 bits per heavy atom. The highest BCUT2D eigenvalue weighted by molar-refractivity contribution is 7.86. The predicted molar refractivity (Wildman–Crippen MR) is 74.5 cm³/mol. The molecule has 6 heteroatoms. The van der Waals surface area contributed by atoms with E-state index < -0.39 is 10.2 Å². The van der Waals surface area contributed by atoms with Gasteiger partial charge in [0.15, 0.2) is 0 Å². The molecule has 2 unspecified atom stereocenters. The largest absolute Gasteiger partial charge is 0.329 e. The van der Waals surface area contributed by atoms with Gasteiger partial charge in [-0.2, -0.15) is 17.0 Å². The van der Waals surface area contributed by atoms with Gasteiger partial charge < -0.3 is 5.73 Å². The van der Waals surface area contributed by atoms with Crippen molar-refractivity contribution in [3.8, 4) is 0 Å². The van der Waals surface area contributed by atoms with Gasteiger partial charge in [-0.1, -0.05) is 20.3 Å². The summed E-state index contributed by atoms with van der Waals surface area (Å²) in [5, 5.41) is 0. The van der Waals surface area contributed by atoms with Crippen LogP contribution in [0.2, 0.25) is 0 Å². The Morgan fingerprint density at radius 3 is 2.56 bits per heavy atom. The molecule has 0 saturated carbocycles. The minimum atomic E-state index is -3.36. The van der Waals surface area contributed by atoms with Crippen molar-refractivity contribution in [2.75, 3.05) is 19.6 Å². The van der Waals surface area contributed by atoms with Crippen LogP contribution in [0.25, 0.3) is 0 Å². The maximum atomic E-state index is 12.7. The molecule has 1 fully saturated rings. The smallest absolute Gasteiger partial charge is 0.282 e. The summed E-state index contributed by atoms with van der Waals surface area (Å²) in [5.41, 5.74) is 5.72. The zero-order valence-corrected chi connectivity index (χ0v) is 12.6. The highest BCUT2D eigenvalue weighted by Crippen LogP contribution is 2.23. The van der Waals surface area contributed by atoms with E-state index in [2.05, 4.69) is 0 Å². The van der Waals surface area contributed by atoms with Crippen LogP contribution in [-0.2, 0) is 10.2 Å². The molecule has 0 amide bonds. The Bertz CT molecular complexity index is 345. The third-order valence-corrected chi connectivity index (χ3v) is 6.12. The molecule has 1 heterocycles. The van der Waals surface area contributed by atoms with Crippen molar-refractivity contribution in [2.45, 2.75) is 58.5 Å². The highest BCUT2D eigenvalue weighted by atomic mass is 32.2. The lowest BCUT2D eigenvalue weighted by Crippen LogP contribution is -2.54. The summed E-state index contributed by atoms with van der Waals surface area (Å²) in [6, 6.07) is 0.0159. The standard InChI is InChI=1S/C12H27N3O2S/c1-4-11(3)14(5-2)18(16,17)15-9-7-6-8-12(15)10-13/h11-12H,4-10,13H2,1-3H3. The maximum absolute atomic E-state index is 12.7. The summed E-state index contributed by atoms with van der Waals surface area (Å²) in [4.78, 5) is 0. The highest BCUT2D eigenvalue weighted by Gasteiger charge is 2.36. The third-order valence-electron chi connectivity index (χ3n) is 3.83. The van der Waals surface area contributed by atoms with Crippen molar-refractivity contribution >= 4 is 10.2 Å².